The van der Waals surface area contributed by atoms with Gasteiger partial charge < -0.3 is 10.5 Å². The van der Waals surface area contributed by atoms with Crippen molar-refractivity contribution < 1.29 is 13.2 Å². The quantitative estimate of drug-likeness (QED) is 0.863. The molecule has 100 valence electrons. The average molecular weight is 271 g/mol. The summed E-state index contributed by atoms with van der Waals surface area (Å²) in [5.41, 5.74) is 5.53. The normalized spacial score (nSPS) is 21.9. The second-order valence-corrected chi connectivity index (χ2v) is 6.06. The highest BCUT2D eigenvalue weighted by Gasteiger charge is 2.33. The van der Waals surface area contributed by atoms with Crippen molar-refractivity contribution in [2.45, 2.75) is 24.3 Å². The summed E-state index contributed by atoms with van der Waals surface area (Å²) in [6, 6.07) is 2.74. The van der Waals surface area contributed by atoms with Gasteiger partial charge in [0.2, 0.25) is 10.0 Å². The number of rotatable bonds is 3. The lowest BCUT2D eigenvalue weighted by Gasteiger charge is -2.33. The van der Waals surface area contributed by atoms with E-state index < -0.39 is 10.0 Å². The molecule has 0 aliphatic carbocycles. The van der Waals surface area contributed by atoms with Crippen molar-refractivity contribution >= 4 is 15.8 Å². The predicted octanol–water partition coefficient (Wildman–Crippen LogP) is 0.463. The number of nitrogen functional groups attached to an aromatic ring is 1. The molecule has 1 aromatic heterocycles. The Hall–Kier alpha value is -1.18. The number of hydrogen-bond donors (Lipinski definition) is 1. The number of aromatic nitrogens is 1. The monoisotopic (exact) mass is 271 g/mol. The molecule has 0 bridgehead atoms. The van der Waals surface area contributed by atoms with Gasteiger partial charge in [-0.15, -0.1) is 0 Å². The summed E-state index contributed by atoms with van der Waals surface area (Å²) in [5, 5.41) is 0. The summed E-state index contributed by atoms with van der Waals surface area (Å²) in [7, 11) is -3.51. The van der Waals surface area contributed by atoms with Gasteiger partial charge in [0.05, 0.1) is 18.1 Å². The molecule has 1 saturated heterocycles. The molecule has 6 nitrogen and oxygen atoms in total. The smallest absolute Gasteiger partial charge is 0.243 e. The van der Waals surface area contributed by atoms with Crippen LogP contribution in [0, 0.1) is 0 Å². The molecule has 1 aliphatic heterocycles. The Morgan fingerprint density at radius 2 is 2.39 bits per heavy atom. The van der Waals surface area contributed by atoms with Crippen LogP contribution in [0.5, 0.6) is 0 Å². The van der Waals surface area contributed by atoms with Gasteiger partial charge in [0, 0.05) is 24.8 Å². The van der Waals surface area contributed by atoms with Gasteiger partial charge >= 0.3 is 0 Å². The Labute approximate surface area is 107 Å². The fourth-order valence-corrected chi connectivity index (χ4v) is 3.69. The maximum atomic E-state index is 12.5. The number of anilines is 1. The van der Waals surface area contributed by atoms with E-state index in [1.807, 2.05) is 6.92 Å². The molecule has 2 heterocycles. The highest BCUT2D eigenvalue weighted by molar-refractivity contribution is 7.89. The highest BCUT2D eigenvalue weighted by Crippen LogP contribution is 2.22. The molecule has 2 N–H and O–H groups in total. The predicted molar refractivity (Wildman–Crippen MR) is 67.4 cm³/mol. The molecule has 1 fully saturated rings. The molecular weight excluding hydrogens is 254 g/mol. The van der Waals surface area contributed by atoms with Crippen LogP contribution in [0.2, 0.25) is 0 Å². The molecule has 7 heteroatoms. The number of hydrogen-bond acceptors (Lipinski definition) is 5. The minimum Gasteiger partial charge on any atom is -0.384 e. The minimum absolute atomic E-state index is 0.113. The first kappa shape index (κ1) is 13.3. The van der Waals surface area contributed by atoms with Crippen LogP contribution in [0.3, 0.4) is 0 Å². The van der Waals surface area contributed by atoms with E-state index >= 15 is 0 Å². The molecule has 1 unspecified atom stereocenters. The first-order valence-electron chi connectivity index (χ1n) is 5.87. The van der Waals surface area contributed by atoms with E-state index in [2.05, 4.69) is 4.98 Å². The van der Waals surface area contributed by atoms with Crippen molar-refractivity contribution in [1.82, 2.24) is 9.29 Å². The molecule has 1 aliphatic rings. The third kappa shape index (κ3) is 2.47. The number of sulfonamides is 1. The zero-order valence-electron chi connectivity index (χ0n) is 10.2. The van der Waals surface area contributed by atoms with Crippen molar-refractivity contribution in [3.8, 4) is 0 Å². The summed E-state index contributed by atoms with van der Waals surface area (Å²) in [4.78, 5) is 4.00. The lowest BCUT2D eigenvalue weighted by molar-refractivity contribution is 0.0314. The zero-order chi connectivity index (χ0) is 13.2. The Balaban J connectivity index is 2.35. The van der Waals surface area contributed by atoms with E-state index in [9.17, 15) is 8.42 Å². The summed E-state index contributed by atoms with van der Waals surface area (Å²) >= 11 is 0. The number of morpholine rings is 1. The number of nitrogens with two attached hydrogens (primary N) is 1. The molecule has 0 saturated carbocycles. The number of nitrogens with zero attached hydrogens (tertiary/aromatic N) is 2. The third-order valence-electron chi connectivity index (χ3n) is 3.00. The lowest BCUT2D eigenvalue weighted by Crippen LogP contribution is -2.48. The summed E-state index contributed by atoms with van der Waals surface area (Å²) in [6.45, 7) is 3.19. The first-order valence-corrected chi connectivity index (χ1v) is 7.31. The highest BCUT2D eigenvalue weighted by atomic mass is 32.2. The second-order valence-electron chi connectivity index (χ2n) is 4.17. The summed E-state index contributed by atoms with van der Waals surface area (Å²) in [6.07, 6.45) is 2.13. The number of ether oxygens (including phenoxy) is 1. The Morgan fingerprint density at radius 1 is 1.61 bits per heavy atom. The topological polar surface area (TPSA) is 85.5 Å². The lowest BCUT2D eigenvalue weighted by atomic mass is 10.2. The van der Waals surface area contributed by atoms with Crippen molar-refractivity contribution in [1.29, 1.82) is 0 Å². The zero-order valence-corrected chi connectivity index (χ0v) is 11.1. The summed E-state index contributed by atoms with van der Waals surface area (Å²) in [5.74, 6) is 0.206. The molecule has 0 spiro atoms. The first-order chi connectivity index (χ1) is 8.55. The fourth-order valence-electron chi connectivity index (χ4n) is 2.00. The molecule has 0 amide bonds. The molecule has 18 heavy (non-hydrogen) atoms. The molecule has 0 aromatic carbocycles. The van der Waals surface area contributed by atoms with E-state index in [1.165, 1.54) is 22.6 Å². The van der Waals surface area contributed by atoms with Crippen LogP contribution in [0.1, 0.15) is 13.3 Å². The van der Waals surface area contributed by atoms with Gasteiger partial charge in [-0.25, -0.2) is 13.4 Å². The fraction of sp³-hybridized carbons (Fsp3) is 0.545. The Morgan fingerprint density at radius 3 is 3.06 bits per heavy atom. The maximum Gasteiger partial charge on any atom is 0.243 e. The van der Waals surface area contributed by atoms with E-state index in [0.717, 1.165) is 6.42 Å². The largest absolute Gasteiger partial charge is 0.384 e. The molecule has 1 atom stereocenters. The molecular formula is C11H17N3O3S. The van der Waals surface area contributed by atoms with Gasteiger partial charge in [-0.2, -0.15) is 4.31 Å². The minimum atomic E-state index is -3.51. The Bertz CT molecular complexity index is 518. The molecule has 0 radical (unpaired) electrons. The second kappa shape index (κ2) is 5.21. The standard InChI is InChI=1S/C11H17N3O3S/c1-2-9-8-17-6-5-14(9)18(15,16)10-3-4-13-11(12)7-10/h3-4,7,9H,2,5-6,8H2,1H3,(H2,12,13). The van der Waals surface area contributed by atoms with Gasteiger partial charge in [-0.1, -0.05) is 6.92 Å². The van der Waals surface area contributed by atoms with Gasteiger partial charge in [0.25, 0.3) is 0 Å². The molecule has 2 rings (SSSR count). The van der Waals surface area contributed by atoms with Crippen LogP contribution in [0.15, 0.2) is 23.2 Å². The van der Waals surface area contributed by atoms with Gasteiger partial charge in [-0.05, 0) is 12.5 Å². The van der Waals surface area contributed by atoms with Crippen molar-refractivity contribution in [3.63, 3.8) is 0 Å². The van der Waals surface area contributed by atoms with Crippen molar-refractivity contribution in [3.05, 3.63) is 18.3 Å². The van der Waals surface area contributed by atoms with Gasteiger partial charge in [0.1, 0.15) is 5.82 Å². The summed E-state index contributed by atoms with van der Waals surface area (Å²) < 4.78 is 31.8. The van der Waals surface area contributed by atoms with Gasteiger partial charge in [-0.3, -0.25) is 0 Å². The Kier molecular flexibility index (Phi) is 3.84. The third-order valence-corrected chi connectivity index (χ3v) is 4.95. The van der Waals surface area contributed by atoms with Crippen molar-refractivity contribution in [2.24, 2.45) is 0 Å². The van der Waals surface area contributed by atoms with Gasteiger partial charge in [0.15, 0.2) is 0 Å². The maximum absolute atomic E-state index is 12.5. The van der Waals surface area contributed by atoms with E-state index in [-0.39, 0.29) is 16.8 Å². The van der Waals surface area contributed by atoms with Crippen LogP contribution < -0.4 is 5.73 Å². The van der Waals surface area contributed by atoms with Crippen LogP contribution in [-0.4, -0.2) is 43.5 Å². The molecule has 1 aromatic rings. The van der Waals surface area contributed by atoms with E-state index in [4.69, 9.17) is 10.5 Å². The van der Waals surface area contributed by atoms with Crippen LogP contribution in [0.4, 0.5) is 5.82 Å². The van der Waals surface area contributed by atoms with Crippen molar-refractivity contribution in [2.75, 3.05) is 25.5 Å². The van der Waals surface area contributed by atoms with Crippen LogP contribution in [0.25, 0.3) is 0 Å². The van der Waals surface area contributed by atoms with Crippen LogP contribution >= 0.6 is 0 Å². The van der Waals surface area contributed by atoms with Crippen LogP contribution in [-0.2, 0) is 14.8 Å². The number of pyridine rings is 1. The average Bonchev–Trinajstić information content (AvgIpc) is 2.38. The van der Waals surface area contributed by atoms with E-state index in [1.54, 1.807) is 0 Å². The SMILES string of the molecule is CCC1COCCN1S(=O)(=O)c1ccnc(N)c1. The van der Waals surface area contributed by atoms with E-state index in [0.29, 0.717) is 19.8 Å².